The van der Waals surface area contributed by atoms with Gasteiger partial charge >= 0.3 is 5.97 Å². The number of alkyl halides is 1. The predicted molar refractivity (Wildman–Crippen MR) is 156 cm³/mol. The first kappa shape index (κ1) is 33.2. The number of nitrogens with two attached hydrogens (primary N) is 1. The van der Waals surface area contributed by atoms with Crippen LogP contribution in [0.25, 0.3) is 5.57 Å². The Bertz CT molecular complexity index is 1230. The van der Waals surface area contributed by atoms with Gasteiger partial charge in [0.05, 0.1) is 12.1 Å². The van der Waals surface area contributed by atoms with Gasteiger partial charge in [-0.15, -0.1) is 0 Å². The number of aliphatic hydroxyl groups is 1. The largest absolute Gasteiger partial charge is 0.480 e. The van der Waals surface area contributed by atoms with E-state index < -0.39 is 59.9 Å². The number of nitrogens with zero attached hydrogens (tertiary/aromatic N) is 2. The summed E-state index contributed by atoms with van der Waals surface area (Å²) in [6, 6.07) is -1.07. The number of hydrogen-bond donors (Lipinski definition) is 4. The maximum absolute atomic E-state index is 15.0. The summed E-state index contributed by atoms with van der Waals surface area (Å²) in [5.74, 6) is -2.64. The van der Waals surface area contributed by atoms with Crippen molar-refractivity contribution in [2.45, 2.75) is 90.6 Å². The Morgan fingerprint density at radius 1 is 1.24 bits per heavy atom. The van der Waals surface area contributed by atoms with Crippen molar-refractivity contribution in [2.75, 3.05) is 13.2 Å². The summed E-state index contributed by atoms with van der Waals surface area (Å²) in [5, 5.41) is 21.4. The molecular formula is C31H44F2N4O5. The average Bonchev–Trinajstić information content (AvgIpc) is 3.33. The molecule has 9 nitrogen and oxygen atoms in total. The lowest BCUT2D eigenvalue weighted by molar-refractivity contribution is -0.141. The second kappa shape index (κ2) is 14.2. The lowest BCUT2D eigenvalue weighted by Gasteiger charge is -2.41. The molecule has 0 radical (unpaired) electrons. The van der Waals surface area contributed by atoms with Crippen molar-refractivity contribution < 1.29 is 33.4 Å². The molecule has 0 spiro atoms. The number of carbonyl (C=O) groups excluding carboxylic acids is 2. The predicted octanol–water partition coefficient (Wildman–Crippen LogP) is 4.04. The Labute approximate surface area is 246 Å². The van der Waals surface area contributed by atoms with E-state index in [-0.39, 0.29) is 25.0 Å². The quantitative estimate of drug-likeness (QED) is 0.271. The van der Waals surface area contributed by atoms with E-state index >= 15 is 4.39 Å². The van der Waals surface area contributed by atoms with Gasteiger partial charge in [-0.25, -0.2) is 8.78 Å². The third-order valence-corrected chi connectivity index (χ3v) is 7.86. The van der Waals surface area contributed by atoms with Crippen LogP contribution in [-0.4, -0.2) is 68.9 Å². The first-order chi connectivity index (χ1) is 19.7. The number of carboxylic acids is 1. The van der Waals surface area contributed by atoms with Gasteiger partial charge in [0.15, 0.2) is 0 Å². The molecule has 0 saturated carbocycles. The molecule has 1 aromatic heterocycles. The fourth-order valence-electron chi connectivity index (χ4n) is 5.63. The second-order valence-electron chi connectivity index (χ2n) is 12.3. The van der Waals surface area contributed by atoms with Gasteiger partial charge in [0.2, 0.25) is 11.8 Å². The topological polar surface area (TPSA) is 138 Å². The Balaban J connectivity index is 2.02. The van der Waals surface area contributed by atoms with Crippen molar-refractivity contribution in [2.24, 2.45) is 17.1 Å². The fourth-order valence-corrected chi connectivity index (χ4v) is 5.63. The summed E-state index contributed by atoms with van der Waals surface area (Å²) in [6.07, 6.45) is 9.87. The van der Waals surface area contributed by atoms with Crippen molar-refractivity contribution >= 4 is 23.4 Å². The molecule has 2 unspecified atom stereocenters. The molecule has 3 rings (SSSR count). The number of amides is 2. The summed E-state index contributed by atoms with van der Waals surface area (Å²) >= 11 is 0. The van der Waals surface area contributed by atoms with Crippen LogP contribution in [-0.2, 0) is 20.9 Å². The summed E-state index contributed by atoms with van der Waals surface area (Å²) in [5.41, 5.74) is 6.95. The number of halogens is 2. The standard InChI is InChI=1S/C31H44F2N4O5/c1-19(30(41)42)35-29(40)25(34)12-13-37(27(39)18-38)28(31(2,3)4)26-14-21(23-15-22(32)10-11-24(23)33)17-36(26)16-20-8-6-5-7-9-20/h5-6,10,14-15,17,19-20,24-25,28,38H,7-9,11-13,16,18,34H2,1-4H3,(H,35,40)(H,41,42)/t19-,20?,24?,25+,28+/m1/s1. The molecular weight excluding hydrogens is 546 g/mol. The number of nitrogens with one attached hydrogen (secondary N) is 1. The third kappa shape index (κ3) is 8.38. The van der Waals surface area contributed by atoms with Gasteiger partial charge in [0.25, 0.3) is 0 Å². The number of aromatic nitrogens is 1. The van der Waals surface area contributed by atoms with Gasteiger partial charge in [0, 0.05) is 31.4 Å². The van der Waals surface area contributed by atoms with E-state index in [1.165, 1.54) is 24.0 Å². The van der Waals surface area contributed by atoms with E-state index in [1.807, 2.05) is 31.5 Å². The van der Waals surface area contributed by atoms with Crippen LogP contribution in [0.1, 0.15) is 77.1 Å². The molecule has 42 heavy (non-hydrogen) atoms. The van der Waals surface area contributed by atoms with Crippen LogP contribution in [0, 0.1) is 11.3 Å². The molecule has 5 atom stereocenters. The molecule has 0 aliphatic heterocycles. The van der Waals surface area contributed by atoms with E-state index in [1.54, 1.807) is 6.07 Å². The normalized spacial score (nSPS) is 21.1. The molecule has 2 aliphatic carbocycles. The van der Waals surface area contributed by atoms with Gasteiger partial charge in [-0.1, -0.05) is 32.9 Å². The molecule has 0 aromatic carbocycles. The maximum Gasteiger partial charge on any atom is 0.325 e. The van der Waals surface area contributed by atoms with Crippen molar-refractivity contribution in [1.29, 1.82) is 0 Å². The first-order valence-corrected chi connectivity index (χ1v) is 14.5. The molecule has 2 amide bonds. The molecule has 0 saturated heterocycles. The zero-order chi connectivity index (χ0) is 31.2. The van der Waals surface area contributed by atoms with Gasteiger partial charge in [-0.05, 0) is 73.3 Å². The van der Waals surface area contributed by atoms with E-state index in [2.05, 4.69) is 17.5 Å². The fraction of sp³-hybridized carbons (Fsp3) is 0.581. The highest BCUT2D eigenvalue weighted by atomic mass is 19.1. The minimum Gasteiger partial charge on any atom is -0.480 e. The summed E-state index contributed by atoms with van der Waals surface area (Å²) in [6.45, 7) is 6.97. The SMILES string of the molecule is C[C@@H](NC(=O)[C@@H](N)CCN(C(=O)CO)[C@@H](c1cc(C2=CC(F)=CCC2F)cn1CC1CC=CCC1)C(C)(C)C)C(=O)O. The van der Waals surface area contributed by atoms with Crippen LogP contribution in [0.5, 0.6) is 0 Å². The summed E-state index contributed by atoms with van der Waals surface area (Å²) < 4.78 is 31.2. The van der Waals surface area contributed by atoms with Crippen LogP contribution in [0.2, 0.25) is 0 Å². The number of allylic oxidation sites excluding steroid dienone is 6. The maximum atomic E-state index is 15.0. The number of carboxylic acid groups (broad SMARTS) is 1. The van der Waals surface area contributed by atoms with Crippen molar-refractivity contribution in [3.8, 4) is 0 Å². The zero-order valence-corrected chi connectivity index (χ0v) is 24.9. The van der Waals surface area contributed by atoms with Crippen molar-refractivity contribution in [3.05, 3.63) is 53.7 Å². The van der Waals surface area contributed by atoms with Gasteiger partial charge < -0.3 is 30.7 Å². The number of aliphatic carboxylic acids is 1. The Morgan fingerprint density at radius 2 is 1.95 bits per heavy atom. The molecule has 1 aromatic rings. The Kier molecular flexibility index (Phi) is 11.3. The Hall–Kier alpha value is -3.31. The lowest BCUT2D eigenvalue weighted by atomic mass is 9.82. The summed E-state index contributed by atoms with van der Waals surface area (Å²) in [7, 11) is 0. The number of hydrogen-bond acceptors (Lipinski definition) is 5. The van der Waals surface area contributed by atoms with Crippen molar-refractivity contribution in [3.63, 3.8) is 0 Å². The number of aliphatic hydroxyl groups excluding tert-OH is 1. The van der Waals surface area contributed by atoms with E-state index in [4.69, 9.17) is 10.8 Å². The third-order valence-electron chi connectivity index (χ3n) is 7.86. The van der Waals surface area contributed by atoms with Crippen LogP contribution in [0.15, 0.2) is 42.4 Å². The highest BCUT2D eigenvalue weighted by molar-refractivity contribution is 5.86. The lowest BCUT2D eigenvalue weighted by Crippen LogP contribution is -2.50. The molecule has 232 valence electrons. The highest BCUT2D eigenvalue weighted by Crippen LogP contribution is 2.42. The number of carbonyl (C=O) groups is 3. The minimum absolute atomic E-state index is 0.00412. The van der Waals surface area contributed by atoms with Crippen LogP contribution in [0.3, 0.4) is 0 Å². The van der Waals surface area contributed by atoms with E-state index in [0.717, 1.165) is 19.3 Å². The molecule has 11 heteroatoms. The zero-order valence-electron chi connectivity index (χ0n) is 24.9. The van der Waals surface area contributed by atoms with Crippen LogP contribution < -0.4 is 11.1 Å². The van der Waals surface area contributed by atoms with Crippen LogP contribution in [0.4, 0.5) is 8.78 Å². The minimum atomic E-state index is -1.38. The smallest absolute Gasteiger partial charge is 0.325 e. The van der Waals surface area contributed by atoms with E-state index in [0.29, 0.717) is 23.7 Å². The monoisotopic (exact) mass is 590 g/mol. The molecule has 0 bridgehead atoms. The Morgan fingerprint density at radius 3 is 2.55 bits per heavy atom. The highest BCUT2D eigenvalue weighted by Gasteiger charge is 2.38. The van der Waals surface area contributed by atoms with Gasteiger partial charge in [-0.2, -0.15) is 0 Å². The number of rotatable bonds is 12. The van der Waals surface area contributed by atoms with E-state index in [9.17, 15) is 23.9 Å². The average molecular weight is 591 g/mol. The summed E-state index contributed by atoms with van der Waals surface area (Å²) in [4.78, 5) is 38.4. The van der Waals surface area contributed by atoms with Gasteiger partial charge in [-0.3, -0.25) is 14.4 Å². The second-order valence-corrected chi connectivity index (χ2v) is 12.3. The van der Waals surface area contributed by atoms with Gasteiger partial charge in [0.1, 0.15) is 24.6 Å². The van der Waals surface area contributed by atoms with Crippen LogP contribution >= 0.6 is 0 Å². The molecule has 5 N–H and O–H groups in total. The molecule has 2 aliphatic rings. The van der Waals surface area contributed by atoms with Crippen molar-refractivity contribution in [1.82, 2.24) is 14.8 Å². The first-order valence-electron chi connectivity index (χ1n) is 14.5. The molecule has 1 heterocycles. The molecule has 0 fully saturated rings.